The van der Waals surface area contributed by atoms with Gasteiger partial charge in [-0.2, -0.15) is 5.26 Å². The highest BCUT2D eigenvalue weighted by molar-refractivity contribution is 5.89. The lowest BCUT2D eigenvalue weighted by molar-refractivity contribution is 0.627. The molecule has 1 aliphatic heterocycles. The van der Waals surface area contributed by atoms with Gasteiger partial charge in [-0.15, -0.1) is 0 Å². The summed E-state index contributed by atoms with van der Waals surface area (Å²) in [7, 11) is 0. The third-order valence-electron chi connectivity index (χ3n) is 3.95. The molecule has 1 saturated heterocycles. The molecule has 2 aromatic rings. The number of nitriles is 1. The van der Waals surface area contributed by atoms with Gasteiger partial charge in [-0.25, -0.2) is 4.39 Å². The van der Waals surface area contributed by atoms with Crippen molar-refractivity contribution in [2.24, 2.45) is 0 Å². The monoisotopic (exact) mass is 292 g/mol. The summed E-state index contributed by atoms with van der Waals surface area (Å²) < 4.78 is 13.0. The lowest BCUT2D eigenvalue weighted by atomic mass is 10.0. The Hall–Kier alpha value is -2.60. The highest BCUT2D eigenvalue weighted by Crippen LogP contribution is 2.23. The van der Waals surface area contributed by atoms with Gasteiger partial charge in [-0.05, 0) is 54.3 Å². The second kappa shape index (κ2) is 6.44. The molecule has 1 fully saturated rings. The number of hydrogen-bond donors (Lipinski definition) is 0. The van der Waals surface area contributed by atoms with E-state index in [-0.39, 0.29) is 5.82 Å². The topological polar surface area (TPSA) is 27.0 Å². The van der Waals surface area contributed by atoms with Gasteiger partial charge in [0.05, 0.1) is 11.6 Å². The van der Waals surface area contributed by atoms with Crippen LogP contribution in [-0.2, 0) is 0 Å². The molecule has 3 rings (SSSR count). The second-order valence-electron chi connectivity index (χ2n) is 5.46. The lowest BCUT2D eigenvalue weighted by Crippen LogP contribution is -2.17. The molecule has 3 heteroatoms. The average Bonchev–Trinajstić information content (AvgIpc) is 3.09. The van der Waals surface area contributed by atoms with Gasteiger partial charge >= 0.3 is 0 Å². The summed E-state index contributed by atoms with van der Waals surface area (Å²) in [5.41, 5.74) is 3.47. The zero-order valence-electron chi connectivity index (χ0n) is 12.3. The summed E-state index contributed by atoms with van der Waals surface area (Å²) in [6.07, 6.45) is 4.34. The van der Waals surface area contributed by atoms with E-state index >= 15 is 0 Å². The van der Waals surface area contributed by atoms with Gasteiger partial charge in [0.2, 0.25) is 0 Å². The van der Waals surface area contributed by atoms with Gasteiger partial charge in [0.15, 0.2) is 0 Å². The lowest BCUT2D eigenvalue weighted by Gasteiger charge is -2.17. The molecule has 1 aliphatic rings. The first kappa shape index (κ1) is 14.3. The molecule has 0 aliphatic carbocycles. The molecular formula is C19H17FN2. The van der Waals surface area contributed by atoms with Crippen molar-refractivity contribution in [3.8, 4) is 6.07 Å². The van der Waals surface area contributed by atoms with Crippen molar-refractivity contribution >= 4 is 17.3 Å². The molecule has 0 spiro atoms. The smallest absolute Gasteiger partial charge is 0.123 e. The predicted octanol–water partition coefficient (Wildman–Crippen LogP) is 4.49. The quantitative estimate of drug-likeness (QED) is 0.615. The SMILES string of the molecule is N#CC(=Cc1ccc(N2CCCC2)cc1)c1ccc(F)cc1. The highest BCUT2D eigenvalue weighted by atomic mass is 19.1. The van der Waals surface area contributed by atoms with Crippen molar-refractivity contribution in [2.45, 2.75) is 12.8 Å². The van der Waals surface area contributed by atoms with Crippen LogP contribution in [0.15, 0.2) is 48.5 Å². The van der Waals surface area contributed by atoms with E-state index in [4.69, 9.17) is 0 Å². The van der Waals surface area contributed by atoms with Gasteiger partial charge in [-0.1, -0.05) is 24.3 Å². The molecule has 0 amide bonds. The Kier molecular flexibility index (Phi) is 4.20. The van der Waals surface area contributed by atoms with Gasteiger partial charge in [0.1, 0.15) is 5.82 Å². The van der Waals surface area contributed by atoms with Crippen LogP contribution < -0.4 is 4.90 Å². The van der Waals surface area contributed by atoms with Crippen LogP contribution in [0.5, 0.6) is 0 Å². The van der Waals surface area contributed by atoms with E-state index in [1.54, 1.807) is 12.1 Å². The Labute approximate surface area is 130 Å². The maximum atomic E-state index is 13.0. The van der Waals surface area contributed by atoms with E-state index < -0.39 is 0 Å². The maximum Gasteiger partial charge on any atom is 0.123 e. The summed E-state index contributed by atoms with van der Waals surface area (Å²) in [5.74, 6) is -0.295. The number of anilines is 1. The predicted molar refractivity (Wildman–Crippen MR) is 87.8 cm³/mol. The fourth-order valence-corrected chi connectivity index (χ4v) is 2.73. The first-order valence-electron chi connectivity index (χ1n) is 7.49. The summed E-state index contributed by atoms with van der Waals surface area (Å²) in [6, 6.07) is 16.4. The normalized spacial score (nSPS) is 14.9. The van der Waals surface area contributed by atoms with Crippen LogP contribution in [-0.4, -0.2) is 13.1 Å². The molecule has 0 aromatic heterocycles. The van der Waals surface area contributed by atoms with Gasteiger partial charge in [0.25, 0.3) is 0 Å². The fourth-order valence-electron chi connectivity index (χ4n) is 2.73. The molecule has 1 heterocycles. The number of allylic oxidation sites excluding steroid dienone is 1. The zero-order valence-corrected chi connectivity index (χ0v) is 12.3. The molecule has 0 N–H and O–H groups in total. The molecule has 0 unspecified atom stereocenters. The van der Waals surface area contributed by atoms with Crippen molar-refractivity contribution in [1.82, 2.24) is 0 Å². The minimum absolute atomic E-state index is 0.295. The number of benzene rings is 2. The first-order valence-corrected chi connectivity index (χ1v) is 7.49. The highest BCUT2D eigenvalue weighted by Gasteiger charge is 2.11. The van der Waals surface area contributed by atoms with Crippen LogP contribution in [0.4, 0.5) is 10.1 Å². The standard InChI is InChI=1S/C19H17FN2/c20-18-7-5-16(6-8-18)17(14-21)13-15-3-9-19(10-4-15)22-11-1-2-12-22/h3-10,13H,1-2,11-12H2. The van der Waals surface area contributed by atoms with Gasteiger partial charge in [-0.3, -0.25) is 0 Å². The van der Waals surface area contributed by atoms with E-state index in [2.05, 4.69) is 23.1 Å². The van der Waals surface area contributed by atoms with Crippen molar-refractivity contribution < 1.29 is 4.39 Å². The van der Waals surface area contributed by atoms with Crippen LogP contribution in [0, 0.1) is 17.1 Å². The minimum Gasteiger partial charge on any atom is -0.372 e. The Morgan fingerprint density at radius 1 is 1.00 bits per heavy atom. The average molecular weight is 292 g/mol. The second-order valence-corrected chi connectivity index (χ2v) is 5.46. The number of halogens is 1. The summed E-state index contributed by atoms with van der Waals surface area (Å²) in [5, 5.41) is 9.32. The number of nitrogens with zero attached hydrogens (tertiary/aromatic N) is 2. The van der Waals surface area contributed by atoms with Crippen molar-refractivity contribution in [3.05, 3.63) is 65.5 Å². The molecule has 0 atom stereocenters. The van der Waals surface area contributed by atoms with Crippen molar-refractivity contribution in [3.63, 3.8) is 0 Å². The van der Waals surface area contributed by atoms with Crippen molar-refractivity contribution in [2.75, 3.05) is 18.0 Å². The third-order valence-corrected chi connectivity index (χ3v) is 3.95. The van der Waals surface area contributed by atoms with Crippen LogP contribution in [0.25, 0.3) is 11.6 Å². The Bertz CT molecular complexity index is 703. The maximum absolute atomic E-state index is 13.0. The Morgan fingerprint density at radius 2 is 1.64 bits per heavy atom. The van der Waals surface area contributed by atoms with E-state index in [1.807, 2.05) is 18.2 Å². The third kappa shape index (κ3) is 3.17. The van der Waals surface area contributed by atoms with E-state index in [9.17, 15) is 9.65 Å². The zero-order chi connectivity index (χ0) is 15.4. The molecule has 0 saturated carbocycles. The minimum atomic E-state index is -0.295. The molecule has 22 heavy (non-hydrogen) atoms. The Balaban J connectivity index is 1.83. The van der Waals surface area contributed by atoms with Crippen LogP contribution in [0.3, 0.4) is 0 Å². The number of rotatable bonds is 3. The molecular weight excluding hydrogens is 275 g/mol. The van der Waals surface area contributed by atoms with E-state index in [0.717, 1.165) is 24.2 Å². The molecule has 2 nitrogen and oxygen atoms in total. The molecule has 0 radical (unpaired) electrons. The largest absolute Gasteiger partial charge is 0.372 e. The van der Waals surface area contributed by atoms with E-state index in [0.29, 0.717) is 5.57 Å². The molecule has 2 aromatic carbocycles. The van der Waals surface area contributed by atoms with Crippen LogP contribution in [0.1, 0.15) is 24.0 Å². The molecule has 0 bridgehead atoms. The van der Waals surface area contributed by atoms with Crippen molar-refractivity contribution in [1.29, 1.82) is 5.26 Å². The van der Waals surface area contributed by atoms with Crippen LogP contribution in [0.2, 0.25) is 0 Å². The van der Waals surface area contributed by atoms with Gasteiger partial charge in [0, 0.05) is 18.8 Å². The molecule has 110 valence electrons. The first-order chi connectivity index (χ1) is 10.8. The fraction of sp³-hybridized carbons (Fsp3) is 0.211. The van der Waals surface area contributed by atoms with Gasteiger partial charge < -0.3 is 4.90 Å². The summed E-state index contributed by atoms with van der Waals surface area (Å²) >= 11 is 0. The van der Waals surface area contributed by atoms with Crippen LogP contribution >= 0.6 is 0 Å². The summed E-state index contributed by atoms with van der Waals surface area (Å²) in [4.78, 5) is 2.37. The Morgan fingerprint density at radius 3 is 2.23 bits per heavy atom. The summed E-state index contributed by atoms with van der Waals surface area (Å²) in [6.45, 7) is 2.24. The number of hydrogen-bond acceptors (Lipinski definition) is 2. The van der Waals surface area contributed by atoms with E-state index in [1.165, 1.54) is 30.7 Å².